The Morgan fingerprint density at radius 1 is 1.53 bits per heavy atom. The smallest absolute Gasteiger partial charge is 0.252 e. The molecule has 0 aliphatic rings. The maximum atomic E-state index is 12.1. The fraction of sp³-hybridized carbons (Fsp3) is 0.556. The van der Waals surface area contributed by atoms with Crippen molar-refractivity contribution in [3.8, 4) is 0 Å². The van der Waals surface area contributed by atoms with E-state index < -0.39 is 10.0 Å². The van der Waals surface area contributed by atoms with E-state index in [1.165, 1.54) is 15.6 Å². The van der Waals surface area contributed by atoms with Crippen LogP contribution in [0.15, 0.2) is 20.1 Å². The van der Waals surface area contributed by atoms with Crippen LogP contribution in [0.25, 0.3) is 0 Å². The number of hydrogen-bond donors (Lipinski definition) is 0. The van der Waals surface area contributed by atoms with Crippen LogP contribution in [0.3, 0.4) is 0 Å². The summed E-state index contributed by atoms with van der Waals surface area (Å²) in [5.74, 6) is 0. The Morgan fingerprint density at radius 3 is 2.65 bits per heavy atom. The molecule has 0 radical (unpaired) electrons. The highest BCUT2D eigenvalue weighted by Crippen LogP contribution is 2.28. The molecule has 17 heavy (non-hydrogen) atoms. The molecule has 98 valence electrons. The van der Waals surface area contributed by atoms with Crippen molar-refractivity contribution in [3.63, 3.8) is 0 Å². The quantitative estimate of drug-likeness (QED) is 0.682. The summed E-state index contributed by atoms with van der Waals surface area (Å²) in [5.41, 5.74) is 0. The van der Waals surface area contributed by atoms with Gasteiger partial charge < -0.3 is 4.74 Å². The Labute approximate surface area is 122 Å². The van der Waals surface area contributed by atoms with Gasteiger partial charge in [-0.15, -0.1) is 11.3 Å². The average Bonchev–Trinajstić information content (AvgIpc) is 2.65. The molecular formula is C9H13Br2NO3S2. The van der Waals surface area contributed by atoms with Gasteiger partial charge >= 0.3 is 0 Å². The van der Waals surface area contributed by atoms with Crippen LogP contribution >= 0.6 is 43.2 Å². The van der Waals surface area contributed by atoms with Crippen LogP contribution in [0.4, 0.5) is 0 Å². The van der Waals surface area contributed by atoms with Gasteiger partial charge in [-0.05, 0) is 28.1 Å². The second kappa shape index (κ2) is 6.63. The monoisotopic (exact) mass is 405 g/mol. The third kappa shape index (κ3) is 4.29. The van der Waals surface area contributed by atoms with Gasteiger partial charge in [-0.3, -0.25) is 0 Å². The minimum atomic E-state index is -3.40. The van der Waals surface area contributed by atoms with E-state index in [-0.39, 0.29) is 4.83 Å². The summed E-state index contributed by atoms with van der Waals surface area (Å²) in [4.78, 5) is -0.0179. The largest absolute Gasteiger partial charge is 0.383 e. The molecule has 4 nitrogen and oxygen atoms in total. The molecule has 0 bridgehead atoms. The lowest BCUT2D eigenvalue weighted by atomic mass is 10.4. The van der Waals surface area contributed by atoms with Crippen molar-refractivity contribution >= 4 is 53.2 Å². The van der Waals surface area contributed by atoms with Crippen molar-refractivity contribution in [2.45, 2.75) is 9.04 Å². The molecule has 0 fully saturated rings. The van der Waals surface area contributed by atoms with E-state index in [4.69, 9.17) is 4.74 Å². The van der Waals surface area contributed by atoms with Gasteiger partial charge in [0.05, 0.1) is 15.2 Å². The van der Waals surface area contributed by atoms with Crippen molar-refractivity contribution in [2.24, 2.45) is 0 Å². The first kappa shape index (κ1) is 15.6. The maximum Gasteiger partial charge on any atom is 0.252 e. The lowest BCUT2D eigenvalue weighted by Crippen LogP contribution is -2.33. The number of halogens is 2. The molecule has 0 saturated carbocycles. The highest BCUT2D eigenvalue weighted by molar-refractivity contribution is 9.11. The van der Waals surface area contributed by atoms with Crippen LogP contribution in [0.5, 0.6) is 0 Å². The van der Waals surface area contributed by atoms with E-state index in [2.05, 4.69) is 31.9 Å². The molecule has 1 unspecified atom stereocenters. The van der Waals surface area contributed by atoms with E-state index in [0.29, 0.717) is 17.4 Å². The Morgan fingerprint density at radius 2 is 2.18 bits per heavy atom. The van der Waals surface area contributed by atoms with Crippen LogP contribution in [0.1, 0.15) is 0 Å². The highest BCUT2D eigenvalue weighted by atomic mass is 79.9. The molecule has 1 aromatic heterocycles. The van der Waals surface area contributed by atoms with E-state index in [0.717, 1.165) is 3.79 Å². The number of thiophene rings is 1. The Balaban J connectivity index is 2.77. The summed E-state index contributed by atoms with van der Waals surface area (Å²) in [6.45, 7) is 0.833. The first-order valence-corrected chi connectivity index (χ1v) is 8.69. The van der Waals surface area contributed by atoms with Crippen LogP contribution < -0.4 is 0 Å². The molecule has 1 heterocycles. The van der Waals surface area contributed by atoms with Crippen molar-refractivity contribution in [1.82, 2.24) is 4.31 Å². The van der Waals surface area contributed by atoms with E-state index in [9.17, 15) is 8.42 Å². The lowest BCUT2D eigenvalue weighted by Gasteiger charge is -2.18. The number of methoxy groups -OCH3 is 1. The molecule has 1 atom stereocenters. The number of nitrogens with zero attached hydrogens (tertiary/aromatic N) is 1. The Bertz CT molecular complexity index is 461. The minimum absolute atomic E-state index is 0.0179. The maximum absolute atomic E-state index is 12.1. The summed E-state index contributed by atoms with van der Waals surface area (Å²) < 4.78 is 31.7. The fourth-order valence-electron chi connectivity index (χ4n) is 1.20. The number of hydrogen-bond acceptors (Lipinski definition) is 4. The molecule has 0 spiro atoms. The highest BCUT2D eigenvalue weighted by Gasteiger charge is 2.24. The third-order valence-electron chi connectivity index (χ3n) is 2.02. The zero-order valence-electron chi connectivity index (χ0n) is 9.39. The van der Waals surface area contributed by atoms with Gasteiger partial charge in [-0.25, -0.2) is 8.42 Å². The van der Waals surface area contributed by atoms with Crippen LogP contribution in [-0.4, -0.2) is 44.9 Å². The number of rotatable bonds is 6. The second-order valence-corrected chi connectivity index (χ2v) is 9.43. The van der Waals surface area contributed by atoms with Gasteiger partial charge in [-0.2, -0.15) is 4.31 Å². The summed E-state index contributed by atoms with van der Waals surface area (Å²) >= 11 is 7.83. The lowest BCUT2D eigenvalue weighted by molar-refractivity contribution is 0.195. The predicted octanol–water partition coefficient (Wildman–Crippen LogP) is 2.54. The van der Waals surface area contributed by atoms with Gasteiger partial charge in [0.1, 0.15) is 4.21 Å². The van der Waals surface area contributed by atoms with E-state index >= 15 is 0 Å². The van der Waals surface area contributed by atoms with Crippen LogP contribution in [0.2, 0.25) is 0 Å². The van der Waals surface area contributed by atoms with Crippen molar-refractivity contribution < 1.29 is 13.2 Å². The van der Waals surface area contributed by atoms with E-state index in [1.807, 2.05) is 0 Å². The molecule has 8 heteroatoms. The van der Waals surface area contributed by atoms with E-state index in [1.54, 1.807) is 26.3 Å². The van der Waals surface area contributed by atoms with Gasteiger partial charge in [0.25, 0.3) is 10.0 Å². The number of ether oxygens (including phenoxy) is 1. The zero-order valence-corrected chi connectivity index (χ0v) is 14.2. The summed E-state index contributed by atoms with van der Waals surface area (Å²) in [5, 5.41) is 0. The SMILES string of the molecule is COCC(Br)CN(C)S(=O)(=O)c1ccc(Br)s1. The third-order valence-corrected chi connectivity index (χ3v) is 6.48. The van der Waals surface area contributed by atoms with Gasteiger partial charge in [-0.1, -0.05) is 15.9 Å². The summed E-state index contributed by atoms with van der Waals surface area (Å²) in [7, 11) is -0.250. The molecule has 1 rings (SSSR count). The van der Waals surface area contributed by atoms with Crippen LogP contribution in [0, 0.1) is 0 Å². The molecule has 1 aromatic rings. The predicted molar refractivity (Wildman–Crippen MR) is 76.4 cm³/mol. The molecule has 0 aliphatic heterocycles. The van der Waals surface area contributed by atoms with Gasteiger partial charge in [0, 0.05) is 20.7 Å². The first-order chi connectivity index (χ1) is 7.87. The summed E-state index contributed by atoms with van der Waals surface area (Å²) in [6.07, 6.45) is 0. The first-order valence-electron chi connectivity index (χ1n) is 4.72. The topological polar surface area (TPSA) is 46.6 Å². The van der Waals surface area contributed by atoms with Gasteiger partial charge in [0.2, 0.25) is 0 Å². The van der Waals surface area contributed by atoms with Crippen molar-refractivity contribution in [3.05, 3.63) is 15.9 Å². The molecule has 0 aromatic carbocycles. The Kier molecular flexibility index (Phi) is 6.07. The summed E-state index contributed by atoms with van der Waals surface area (Å²) in [6, 6.07) is 3.33. The number of alkyl halides is 1. The Hall–Kier alpha value is 0.530. The second-order valence-electron chi connectivity index (χ2n) is 3.40. The molecule has 0 N–H and O–H groups in total. The minimum Gasteiger partial charge on any atom is -0.383 e. The standard InChI is InChI=1S/C9H13Br2NO3S2/c1-12(5-7(10)6-15-2)17(13,14)9-4-3-8(11)16-9/h3-4,7H,5-6H2,1-2H3. The number of sulfonamides is 1. The van der Waals surface area contributed by atoms with Gasteiger partial charge in [0.15, 0.2) is 0 Å². The molecular weight excluding hydrogens is 394 g/mol. The van der Waals surface area contributed by atoms with Crippen molar-refractivity contribution in [1.29, 1.82) is 0 Å². The van der Waals surface area contributed by atoms with Crippen molar-refractivity contribution in [2.75, 3.05) is 27.3 Å². The zero-order chi connectivity index (χ0) is 13.1. The fourth-order valence-corrected chi connectivity index (χ4v) is 5.53. The molecule has 0 saturated heterocycles. The normalized spacial score (nSPS) is 14.2. The molecule has 0 amide bonds. The molecule has 0 aliphatic carbocycles. The van der Waals surface area contributed by atoms with Crippen LogP contribution in [-0.2, 0) is 14.8 Å². The average molecular weight is 407 g/mol.